The van der Waals surface area contributed by atoms with Crippen molar-refractivity contribution in [2.24, 2.45) is 11.8 Å². The first kappa shape index (κ1) is 26.5. The SMILES string of the molecule is CC(C)(C)N(CCC#N)CC1CCC1.COc1ccc(N(C(C)C2CC2)C(C)(C)C)cc1. The van der Waals surface area contributed by atoms with Crippen LogP contribution in [0, 0.1) is 23.2 Å². The zero-order chi connectivity index (χ0) is 23.9. The Hall–Kier alpha value is -1.73. The molecule has 0 bridgehead atoms. The minimum absolute atomic E-state index is 0.149. The van der Waals surface area contributed by atoms with Gasteiger partial charge in [0.25, 0.3) is 0 Å². The van der Waals surface area contributed by atoms with Gasteiger partial charge in [-0.2, -0.15) is 5.26 Å². The Balaban J connectivity index is 0.000000235. The molecule has 3 rings (SSSR count). The number of benzene rings is 1. The van der Waals surface area contributed by atoms with E-state index < -0.39 is 0 Å². The van der Waals surface area contributed by atoms with Gasteiger partial charge in [-0.05, 0) is 110 Å². The van der Waals surface area contributed by atoms with Crippen LogP contribution in [0.5, 0.6) is 5.75 Å². The molecule has 0 aromatic heterocycles. The summed E-state index contributed by atoms with van der Waals surface area (Å²) in [6, 6.07) is 11.3. The molecular weight excluding hydrogens is 394 g/mol. The van der Waals surface area contributed by atoms with Crippen molar-refractivity contribution < 1.29 is 4.74 Å². The first-order valence-electron chi connectivity index (χ1n) is 12.5. The quantitative estimate of drug-likeness (QED) is 0.440. The van der Waals surface area contributed by atoms with E-state index in [0.717, 1.165) is 24.1 Å². The number of ether oxygens (including phenoxy) is 1. The lowest BCUT2D eigenvalue weighted by molar-refractivity contribution is 0.0921. The fourth-order valence-corrected chi connectivity index (χ4v) is 4.64. The van der Waals surface area contributed by atoms with Crippen molar-refractivity contribution in [2.75, 3.05) is 25.1 Å². The highest BCUT2D eigenvalue weighted by atomic mass is 16.5. The molecule has 4 heteroatoms. The third-order valence-electron chi connectivity index (χ3n) is 6.93. The summed E-state index contributed by atoms with van der Waals surface area (Å²) in [7, 11) is 1.71. The fourth-order valence-electron chi connectivity index (χ4n) is 4.64. The Labute approximate surface area is 197 Å². The number of methoxy groups -OCH3 is 1. The highest BCUT2D eigenvalue weighted by Gasteiger charge is 2.36. The summed E-state index contributed by atoms with van der Waals surface area (Å²) in [5, 5.41) is 8.61. The second-order valence-corrected chi connectivity index (χ2v) is 11.6. The molecule has 1 unspecified atom stereocenters. The van der Waals surface area contributed by atoms with E-state index in [2.05, 4.69) is 76.5 Å². The average Bonchev–Trinajstić information content (AvgIpc) is 3.51. The molecule has 32 heavy (non-hydrogen) atoms. The van der Waals surface area contributed by atoms with Gasteiger partial charge in [-0.1, -0.05) is 6.42 Å². The number of nitrogens with zero attached hydrogens (tertiary/aromatic N) is 3. The van der Waals surface area contributed by atoms with Crippen LogP contribution in [-0.4, -0.2) is 42.2 Å². The third kappa shape index (κ3) is 8.00. The van der Waals surface area contributed by atoms with Gasteiger partial charge in [0.05, 0.1) is 13.2 Å². The van der Waals surface area contributed by atoms with Gasteiger partial charge in [0.15, 0.2) is 0 Å². The van der Waals surface area contributed by atoms with Gasteiger partial charge < -0.3 is 9.64 Å². The Kier molecular flexibility index (Phi) is 9.46. The van der Waals surface area contributed by atoms with Crippen molar-refractivity contribution in [3.05, 3.63) is 24.3 Å². The van der Waals surface area contributed by atoms with Crippen LogP contribution < -0.4 is 9.64 Å². The van der Waals surface area contributed by atoms with Crippen LogP contribution in [0.3, 0.4) is 0 Å². The monoisotopic (exact) mass is 441 g/mol. The third-order valence-corrected chi connectivity index (χ3v) is 6.93. The largest absolute Gasteiger partial charge is 0.497 e. The molecule has 2 saturated carbocycles. The molecule has 2 aliphatic carbocycles. The van der Waals surface area contributed by atoms with Crippen LogP contribution >= 0.6 is 0 Å². The van der Waals surface area contributed by atoms with Crippen molar-refractivity contribution in [1.29, 1.82) is 5.26 Å². The van der Waals surface area contributed by atoms with E-state index in [1.807, 2.05) is 12.1 Å². The zero-order valence-corrected chi connectivity index (χ0v) is 21.9. The van der Waals surface area contributed by atoms with E-state index in [0.29, 0.717) is 12.5 Å². The molecule has 2 fully saturated rings. The van der Waals surface area contributed by atoms with Gasteiger partial charge >= 0.3 is 0 Å². The van der Waals surface area contributed by atoms with Gasteiger partial charge in [-0.15, -0.1) is 0 Å². The lowest BCUT2D eigenvalue weighted by Gasteiger charge is -2.43. The van der Waals surface area contributed by atoms with Crippen LogP contribution in [0.15, 0.2) is 24.3 Å². The van der Waals surface area contributed by atoms with E-state index in [1.165, 1.54) is 44.3 Å². The lowest BCUT2D eigenvalue weighted by Crippen LogP contribution is -2.48. The van der Waals surface area contributed by atoms with Crippen molar-refractivity contribution in [3.63, 3.8) is 0 Å². The van der Waals surface area contributed by atoms with E-state index in [1.54, 1.807) is 7.11 Å². The van der Waals surface area contributed by atoms with Gasteiger partial charge in [-0.3, -0.25) is 4.90 Å². The van der Waals surface area contributed by atoms with Crippen LogP contribution in [0.2, 0.25) is 0 Å². The summed E-state index contributed by atoms with van der Waals surface area (Å²) >= 11 is 0. The molecule has 1 atom stereocenters. The van der Waals surface area contributed by atoms with E-state index >= 15 is 0 Å². The summed E-state index contributed by atoms with van der Waals surface area (Å²) in [6.07, 6.45) is 7.59. The Bertz CT molecular complexity index is 715. The molecule has 0 heterocycles. The van der Waals surface area contributed by atoms with Crippen LogP contribution in [0.1, 0.15) is 87.0 Å². The number of anilines is 1. The maximum Gasteiger partial charge on any atom is 0.119 e. The van der Waals surface area contributed by atoms with Crippen molar-refractivity contribution >= 4 is 5.69 Å². The van der Waals surface area contributed by atoms with Gasteiger partial charge in [-0.25, -0.2) is 0 Å². The predicted molar refractivity (Wildman–Crippen MR) is 136 cm³/mol. The maximum atomic E-state index is 8.61. The molecule has 0 N–H and O–H groups in total. The minimum Gasteiger partial charge on any atom is -0.497 e. The Morgan fingerprint density at radius 2 is 1.59 bits per heavy atom. The molecule has 0 radical (unpaired) electrons. The first-order valence-corrected chi connectivity index (χ1v) is 12.5. The molecule has 0 saturated heterocycles. The predicted octanol–water partition coefficient (Wildman–Crippen LogP) is 6.90. The second kappa shape index (κ2) is 11.4. The molecule has 2 aliphatic rings. The molecular formula is C28H47N3O. The van der Waals surface area contributed by atoms with Crippen molar-refractivity contribution in [1.82, 2.24) is 4.90 Å². The topological polar surface area (TPSA) is 39.5 Å². The molecule has 0 amide bonds. The number of nitriles is 1. The van der Waals surface area contributed by atoms with Crippen LogP contribution in [0.4, 0.5) is 5.69 Å². The summed E-state index contributed by atoms with van der Waals surface area (Å²) in [4.78, 5) is 5.00. The zero-order valence-electron chi connectivity index (χ0n) is 21.9. The highest BCUT2D eigenvalue weighted by Crippen LogP contribution is 2.40. The maximum absolute atomic E-state index is 8.61. The first-order chi connectivity index (χ1) is 15.0. The summed E-state index contributed by atoms with van der Waals surface area (Å²) in [5.74, 6) is 2.69. The smallest absolute Gasteiger partial charge is 0.119 e. The molecule has 1 aromatic carbocycles. The van der Waals surface area contributed by atoms with E-state index in [9.17, 15) is 0 Å². The Morgan fingerprint density at radius 3 is 1.97 bits per heavy atom. The standard InChI is InChI=1S/C16H25NO.C12H22N2/c1-12(13-6-7-13)17(16(2,3)4)14-8-10-15(18-5)11-9-14;1-12(2,3)14(9-5-8-13)10-11-6-4-7-11/h8-13H,6-7H2,1-5H3;11H,4-7,9-10H2,1-3H3. The Morgan fingerprint density at radius 1 is 1.00 bits per heavy atom. The number of hydrogen-bond donors (Lipinski definition) is 0. The molecule has 0 aliphatic heterocycles. The van der Waals surface area contributed by atoms with Crippen LogP contribution in [-0.2, 0) is 0 Å². The lowest BCUT2D eigenvalue weighted by atomic mass is 9.84. The highest BCUT2D eigenvalue weighted by molar-refractivity contribution is 5.52. The normalized spacial score (nSPS) is 17.6. The second-order valence-electron chi connectivity index (χ2n) is 11.6. The number of hydrogen-bond acceptors (Lipinski definition) is 4. The molecule has 0 spiro atoms. The van der Waals surface area contributed by atoms with Crippen LogP contribution in [0.25, 0.3) is 0 Å². The van der Waals surface area contributed by atoms with Gasteiger partial charge in [0, 0.05) is 42.3 Å². The van der Waals surface area contributed by atoms with Gasteiger partial charge in [0.1, 0.15) is 5.75 Å². The van der Waals surface area contributed by atoms with Gasteiger partial charge in [0.2, 0.25) is 0 Å². The summed E-state index contributed by atoms with van der Waals surface area (Å²) in [5.41, 5.74) is 1.66. The van der Waals surface area contributed by atoms with Crippen molar-refractivity contribution in [2.45, 2.75) is 104 Å². The van der Waals surface area contributed by atoms with E-state index in [-0.39, 0.29) is 11.1 Å². The minimum atomic E-state index is 0.149. The summed E-state index contributed by atoms with van der Waals surface area (Å²) in [6.45, 7) is 18.0. The average molecular weight is 442 g/mol. The van der Waals surface area contributed by atoms with Crippen molar-refractivity contribution in [3.8, 4) is 11.8 Å². The number of rotatable bonds is 8. The van der Waals surface area contributed by atoms with E-state index in [4.69, 9.17) is 10.00 Å². The fraction of sp³-hybridized carbons (Fsp3) is 0.750. The summed E-state index contributed by atoms with van der Waals surface area (Å²) < 4.78 is 5.24. The molecule has 4 nitrogen and oxygen atoms in total. The molecule has 180 valence electrons. The molecule has 1 aromatic rings.